The van der Waals surface area contributed by atoms with Gasteiger partial charge >= 0.3 is 0 Å². The highest BCUT2D eigenvalue weighted by molar-refractivity contribution is 6.23. The van der Waals surface area contributed by atoms with E-state index in [0.717, 1.165) is 44.8 Å². The first-order valence-corrected chi connectivity index (χ1v) is 18.3. The maximum Gasteiger partial charge on any atom is 0.160 e. The molecule has 8 aromatic carbocycles. The van der Waals surface area contributed by atoms with Gasteiger partial charge in [-0.1, -0.05) is 146 Å². The molecule has 0 N–H and O–H groups in total. The summed E-state index contributed by atoms with van der Waals surface area (Å²) in [6.07, 6.45) is 0. The standard InChI is InChI=1S/C50H32N4/c1-4-14-33(15-5-1)44-32-45(52-50(51-44)34-16-6-2-7-17-34)37-25-24-36-31-39(27-26-35(36)30-37)54-47-23-13-11-21-41(47)43-29-28-42-40-20-10-12-22-46(40)53(48(42)49(43)54)38-18-8-3-9-19-38/h1-32H. The second kappa shape index (κ2) is 12.1. The molecule has 252 valence electrons. The van der Waals surface area contributed by atoms with Crippen molar-refractivity contribution in [2.24, 2.45) is 0 Å². The number of fused-ring (bicyclic) bond motifs is 8. The molecule has 54 heavy (non-hydrogen) atoms. The van der Waals surface area contributed by atoms with Crippen molar-refractivity contribution in [1.29, 1.82) is 0 Å². The van der Waals surface area contributed by atoms with Gasteiger partial charge in [-0.15, -0.1) is 0 Å². The summed E-state index contributed by atoms with van der Waals surface area (Å²) < 4.78 is 4.90. The van der Waals surface area contributed by atoms with Crippen LogP contribution >= 0.6 is 0 Å². The Balaban J connectivity index is 1.12. The maximum absolute atomic E-state index is 5.10. The summed E-state index contributed by atoms with van der Waals surface area (Å²) in [5.74, 6) is 0.716. The zero-order chi connectivity index (χ0) is 35.6. The number of hydrogen-bond donors (Lipinski definition) is 0. The van der Waals surface area contributed by atoms with Crippen LogP contribution in [0.25, 0.3) is 99.7 Å². The first kappa shape index (κ1) is 30.3. The molecular weight excluding hydrogens is 657 g/mol. The summed E-state index contributed by atoms with van der Waals surface area (Å²) in [6.45, 7) is 0. The molecule has 11 aromatic rings. The second-order valence-corrected chi connectivity index (χ2v) is 13.8. The summed E-state index contributed by atoms with van der Waals surface area (Å²) in [5.41, 5.74) is 12.0. The number of hydrogen-bond acceptors (Lipinski definition) is 2. The van der Waals surface area contributed by atoms with E-state index in [4.69, 9.17) is 9.97 Å². The van der Waals surface area contributed by atoms with E-state index in [9.17, 15) is 0 Å². The Hall–Kier alpha value is -7.30. The molecule has 0 aliphatic heterocycles. The third kappa shape index (κ3) is 4.78. The van der Waals surface area contributed by atoms with Crippen LogP contribution in [0, 0.1) is 0 Å². The molecule has 0 saturated carbocycles. The van der Waals surface area contributed by atoms with Gasteiger partial charge < -0.3 is 9.13 Å². The molecule has 0 radical (unpaired) electrons. The van der Waals surface area contributed by atoms with Crippen molar-refractivity contribution in [2.45, 2.75) is 0 Å². The van der Waals surface area contributed by atoms with Crippen molar-refractivity contribution in [3.63, 3.8) is 0 Å². The molecular formula is C50H32N4. The minimum atomic E-state index is 0.716. The van der Waals surface area contributed by atoms with Crippen molar-refractivity contribution < 1.29 is 0 Å². The molecule has 0 fully saturated rings. The number of benzene rings is 8. The van der Waals surface area contributed by atoms with Crippen molar-refractivity contribution >= 4 is 54.4 Å². The summed E-state index contributed by atoms with van der Waals surface area (Å²) in [4.78, 5) is 10.1. The normalized spacial score (nSPS) is 11.7. The Morgan fingerprint density at radius 1 is 0.315 bits per heavy atom. The first-order valence-electron chi connectivity index (χ1n) is 18.3. The summed E-state index contributed by atoms with van der Waals surface area (Å²) in [6, 6.07) is 69.0. The van der Waals surface area contributed by atoms with Crippen LogP contribution in [0.3, 0.4) is 0 Å². The molecule has 0 amide bonds. The Morgan fingerprint density at radius 3 is 1.46 bits per heavy atom. The maximum atomic E-state index is 5.10. The lowest BCUT2D eigenvalue weighted by molar-refractivity contribution is 1.15. The molecule has 0 unspecified atom stereocenters. The Bertz CT molecular complexity index is 3140. The van der Waals surface area contributed by atoms with Gasteiger partial charge in [0.1, 0.15) is 0 Å². The third-order valence-electron chi connectivity index (χ3n) is 10.7. The Labute approximate surface area is 311 Å². The zero-order valence-electron chi connectivity index (χ0n) is 29.3. The molecule has 0 spiro atoms. The van der Waals surface area contributed by atoms with E-state index in [1.807, 2.05) is 24.3 Å². The summed E-state index contributed by atoms with van der Waals surface area (Å²) in [5, 5.41) is 7.28. The molecule has 4 nitrogen and oxygen atoms in total. The van der Waals surface area contributed by atoms with Gasteiger partial charge in [0.25, 0.3) is 0 Å². The summed E-state index contributed by atoms with van der Waals surface area (Å²) >= 11 is 0. The van der Waals surface area contributed by atoms with Gasteiger partial charge in [-0.3, -0.25) is 0 Å². The minimum absolute atomic E-state index is 0.716. The van der Waals surface area contributed by atoms with Gasteiger partial charge in [0.05, 0.1) is 33.5 Å². The van der Waals surface area contributed by atoms with Gasteiger partial charge in [0, 0.05) is 49.6 Å². The number of aromatic nitrogens is 4. The van der Waals surface area contributed by atoms with Gasteiger partial charge in [-0.2, -0.15) is 0 Å². The quantitative estimate of drug-likeness (QED) is 0.180. The number of rotatable bonds is 5. The highest BCUT2D eigenvalue weighted by Crippen LogP contribution is 2.42. The molecule has 0 atom stereocenters. The largest absolute Gasteiger partial charge is 0.307 e. The fraction of sp³-hybridized carbons (Fsp3) is 0. The smallest absolute Gasteiger partial charge is 0.160 e. The van der Waals surface area contributed by atoms with Crippen molar-refractivity contribution in [1.82, 2.24) is 19.1 Å². The van der Waals surface area contributed by atoms with Crippen molar-refractivity contribution in [2.75, 3.05) is 0 Å². The molecule has 0 bridgehead atoms. The van der Waals surface area contributed by atoms with Crippen LogP contribution in [0.15, 0.2) is 194 Å². The van der Waals surface area contributed by atoms with Crippen LogP contribution in [0.4, 0.5) is 0 Å². The molecule has 3 heterocycles. The average molecular weight is 689 g/mol. The zero-order valence-corrected chi connectivity index (χ0v) is 29.3. The number of para-hydroxylation sites is 3. The highest BCUT2D eigenvalue weighted by atomic mass is 15.0. The monoisotopic (exact) mass is 688 g/mol. The average Bonchev–Trinajstić information content (AvgIpc) is 3.77. The Morgan fingerprint density at radius 2 is 0.815 bits per heavy atom. The van der Waals surface area contributed by atoms with E-state index < -0.39 is 0 Å². The lowest BCUT2D eigenvalue weighted by atomic mass is 10.0. The topological polar surface area (TPSA) is 35.6 Å². The fourth-order valence-electron chi connectivity index (χ4n) is 8.21. The lowest BCUT2D eigenvalue weighted by Gasteiger charge is -2.14. The number of nitrogens with zero attached hydrogens (tertiary/aromatic N) is 4. The van der Waals surface area contributed by atoms with Crippen LogP contribution in [-0.4, -0.2) is 19.1 Å². The fourth-order valence-corrected chi connectivity index (χ4v) is 8.21. The highest BCUT2D eigenvalue weighted by Gasteiger charge is 2.21. The molecule has 11 rings (SSSR count). The summed E-state index contributed by atoms with van der Waals surface area (Å²) in [7, 11) is 0. The van der Waals surface area contributed by atoms with Crippen molar-refractivity contribution in [3.8, 4) is 45.3 Å². The molecule has 3 aromatic heterocycles. The molecule has 4 heteroatoms. The van der Waals surface area contributed by atoms with E-state index >= 15 is 0 Å². The molecule has 0 aliphatic carbocycles. The van der Waals surface area contributed by atoms with Gasteiger partial charge in [-0.25, -0.2) is 9.97 Å². The second-order valence-electron chi connectivity index (χ2n) is 13.8. The minimum Gasteiger partial charge on any atom is -0.307 e. The van der Waals surface area contributed by atoms with E-state index in [1.54, 1.807) is 0 Å². The van der Waals surface area contributed by atoms with Gasteiger partial charge in [-0.05, 0) is 59.3 Å². The Kier molecular flexibility index (Phi) is 6.82. The van der Waals surface area contributed by atoms with Crippen LogP contribution in [0.1, 0.15) is 0 Å². The lowest BCUT2D eigenvalue weighted by Crippen LogP contribution is -1.98. The SMILES string of the molecule is c1ccc(-c2cc(-c3ccc4cc(-n5c6ccccc6c6ccc7c8ccccc8n(-c8ccccc8)c7c65)ccc4c3)nc(-c3ccccc3)n2)cc1. The van der Waals surface area contributed by atoms with Crippen LogP contribution < -0.4 is 0 Å². The van der Waals surface area contributed by atoms with E-state index in [-0.39, 0.29) is 0 Å². The predicted molar refractivity (Wildman–Crippen MR) is 225 cm³/mol. The van der Waals surface area contributed by atoms with E-state index in [2.05, 4.69) is 179 Å². The van der Waals surface area contributed by atoms with E-state index in [0.29, 0.717) is 5.82 Å². The van der Waals surface area contributed by atoms with Crippen LogP contribution in [-0.2, 0) is 0 Å². The van der Waals surface area contributed by atoms with Gasteiger partial charge in [0.2, 0.25) is 0 Å². The van der Waals surface area contributed by atoms with Crippen molar-refractivity contribution in [3.05, 3.63) is 194 Å². The molecule has 0 aliphatic rings. The molecule has 0 saturated heterocycles. The van der Waals surface area contributed by atoms with E-state index in [1.165, 1.54) is 49.0 Å². The van der Waals surface area contributed by atoms with Crippen LogP contribution in [0.2, 0.25) is 0 Å². The van der Waals surface area contributed by atoms with Gasteiger partial charge in [0.15, 0.2) is 5.82 Å². The van der Waals surface area contributed by atoms with Crippen LogP contribution in [0.5, 0.6) is 0 Å². The third-order valence-corrected chi connectivity index (χ3v) is 10.7. The predicted octanol–water partition coefficient (Wildman–Crippen LogP) is 12.8. The first-order chi connectivity index (χ1) is 26.8.